The molecule has 3 rings (SSSR count). The summed E-state index contributed by atoms with van der Waals surface area (Å²) in [7, 11) is 0. The van der Waals surface area contributed by atoms with Crippen LogP contribution in [0.5, 0.6) is 0 Å². The Hall–Kier alpha value is -1.60. The van der Waals surface area contributed by atoms with Crippen LogP contribution in [0, 0.1) is 5.92 Å². The molecular weight excluding hydrogens is 296 g/mol. The quantitative estimate of drug-likeness (QED) is 0.723. The number of hydrogen-bond acceptors (Lipinski definition) is 0. The maximum absolute atomic E-state index is 3.70. The molecule has 1 heteroatoms. The Balaban J connectivity index is 2.07. The van der Waals surface area contributed by atoms with Crippen LogP contribution in [0.25, 0.3) is 0 Å². The van der Waals surface area contributed by atoms with E-state index >= 15 is 0 Å². The molecule has 0 radical (unpaired) electrons. The second kappa shape index (κ2) is 5.58. The van der Waals surface area contributed by atoms with Gasteiger partial charge in [0.1, 0.15) is 0 Å². The molecule has 19 heavy (non-hydrogen) atoms. The lowest BCUT2D eigenvalue weighted by Crippen LogP contribution is -2.11. The summed E-state index contributed by atoms with van der Waals surface area (Å²) in [4.78, 5) is 0. The molecule has 1 aliphatic rings. The van der Waals surface area contributed by atoms with E-state index in [4.69, 9.17) is 0 Å². The predicted molar refractivity (Wildman–Crippen MR) is 84.4 cm³/mol. The number of hydrogen-bond donors (Lipinski definition) is 0. The second-order valence-corrected chi connectivity index (χ2v) is 5.68. The van der Waals surface area contributed by atoms with Crippen molar-refractivity contribution in [3.63, 3.8) is 0 Å². The molecule has 2 aromatic rings. The monoisotopic (exact) mass is 310 g/mol. The van der Waals surface area contributed by atoms with Gasteiger partial charge in [0.25, 0.3) is 0 Å². The zero-order valence-electron chi connectivity index (χ0n) is 10.5. The Morgan fingerprint density at radius 3 is 1.74 bits per heavy atom. The normalized spacial score (nSPS) is 17.8. The molecule has 0 nitrogen and oxygen atoms in total. The van der Waals surface area contributed by atoms with Crippen molar-refractivity contribution in [1.29, 1.82) is 0 Å². The number of benzene rings is 2. The van der Waals surface area contributed by atoms with Crippen molar-refractivity contribution in [2.45, 2.75) is 5.92 Å². The number of allylic oxidation sites excluding steroid dienone is 4. The standard InChI is InChI=1S/C18H15Br/c19-17-13-7-12-16(17)18(14-8-3-1-4-9-14)15-10-5-2-6-11-15/h1-13,16,18H. The third-order valence-corrected chi connectivity index (χ3v) is 4.36. The molecular formula is C18H15Br. The highest BCUT2D eigenvalue weighted by Crippen LogP contribution is 2.41. The summed E-state index contributed by atoms with van der Waals surface area (Å²) in [6, 6.07) is 21.4. The number of halogens is 1. The molecule has 94 valence electrons. The van der Waals surface area contributed by atoms with E-state index in [2.05, 4.69) is 94.8 Å². The van der Waals surface area contributed by atoms with Crippen molar-refractivity contribution in [2.24, 2.45) is 5.92 Å². The third kappa shape index (κ3) is 2.57. The summed E-state index contributed by atoms with van der Waals surface area (Å²) in [5.74, 6) is 0.761. The highest BCUT2D eigenvalue weighted by Gasteiger charge is 2.26. The van der Waals surface area contributed by atoms with Gasteiger partial charge in [-0.25, -0.2) is 0 Å². The topological polar surface area (TPSA) is 0 Å². The van der Waals surface area contributed by atoms with Crippen LogP contribution in [0.3, 0.4) is 0 Å². The molecule has 0 aliphatic heterocycles. The van der Waals surface area contributed by atoms with Crippen LogP contribution < -0.4 is 0 Å². The Bertz CT molecular complexity index is 557. The van der Waals surface area contributed by atoms with Gasteiger partial charge in [-0.15, -0.1) is 0 Å². The van der Waals surface area contributed by atoms with Gasteiger partial charge in [0.2, 0.25) is 0 Å². The lowest BCUT2D eigenvalue weighted by Gasteiger charge is -2.24. The van der Waals surface area contributed by atoms with Gasteiger partial charge < -0.3 is 0 Å². The Labute approximate surface area is 122 Å². The molecule has 0 bridgehead atoms. The summed E-state index contributed by atoms with van der Waals surface area (Å²) in [6.07, 6.45) is 6.55. The van der Waals surface area contributed by atoms with E-state index in [1.165, 1.54) is 15.6 Å². The average molecular weight is 311 g/mol. The van der Waals surface area contributed by atoms with Gasteiger partial charge >= 0.3 is 0 Å². The highest BCUT2D eigenvalue weighted by atomic mass is 79.9. The molecule has 2 aromatic carbocycles. The molecule has 0 fully saturated rings. The average Bonchev–Trinajstić information content (AvgIpc) is 2.88. The fourth-order valence-corrected chi connectivity index (χ4v) is 3.24. The minimum absolute atomic E-state index is 0.367. The Morgan fingerprint density at radius 1 is 0.789 bits per heavy atom. The third-order valence-electron chi connectivity index (χ3n) is 3.57. The molecule has 1 atom stereocenters. The van der Waals surface area contributed by atoms with Crippen LogP contribution in [0.2, 0.25) is 0 Å². The highest BCUT2D eigenvalue weighted by molar-refractivity contribution is 9.11. The molecule has 0 aromatic heterocycles. The van der Waals surface area contributed by atoms with Gasteiger partial charge in [-0.1, -0.05) is 94.8 Å². The van der Waals surface area contributed by atoms with Crippen LogP contribution >= 0.6 is 15.9 Å². The van der Waals surface area contributed by atoms with Crippen LogP contribution in [-0.2, 0) is 0 Å². The molecule has 1 aliphatic carbocycles. The van der Waals surface area contributed by atoms with E-state index in [9.17, 15) is 0 Å². The van der Waals surface area contributed by atoms with Crippen LogP contribution in [0.15, 0.2) is 83.4 Å². The first-order valence-electron chi connectivity index (χ1n) is 6.50. The maximum Gasteiger partial charge on any atom is 0.0198 e. The van der Waals surface area contributed by atoms with Gasteiger partial charge in [0.05, 0.1) is 0 Å². The molecule has 0 spiro atoms. The van der Waals surface area contributed by atoms with Gasteiger partial charge in [-0.3, -0.25) is 0 Å². The first-order valence-corrected chi connectivity index (χ1v) is 7.29. The van der Waals surface area contributed by atoms with E-state index in [1.54, 1.807) is 0 Å². The summed E-state index contributed by atoms with van der Waals surface area (Å²) in [6.45, 7) is 0. The van der Waals surface area contributed by atoms with Gasteiger partial charge in [0.15, 0.2) is 0 Å². The van der Waals surface area contributed by atoms with E-state index in [0.29, 0.717) is 11.8 Å². The molecule has 0 saturated heterocycles. The first-order chi connectivity index (χ1) is 9.36. The molecule has 0 saturated carbocycles. The van der Waals surface area contributed by atoms with Gasteiger partial charge in [-0.05, 0) is 11.1 Å². The fourth-order valence-electron chi connectivity index (χ4n) is 2.67. The summed E-state index contributed by atoms with van der Waals surface area (Å²) < 4.78 is 1.25. The molecule has 0 N–H and O–H groups in total. The Morgan fingerprint density at radius 2 is 1.32 bits per heavy atom. The smallest absolute Gasteiger partial charge is 0.0198 e. The van der Waals surface area contributed by atoms with Crippen LogP contribution in [0.1, 0.15) is 17.0 Å². The SMILES string of the molecule is BrC1=CC=CC1C(c1ccccc1)c1ccccc1. The zero-order valence-corrected chi connectivity index (χ0v) is 12.1. The van der Waals surface area contributed by atoms with E-state index in [1.807, 2.05) is 0 Å². The Kier molecular flexibility index (Phi) is 3.65. The second-order valence-electron chi connectivity index (χ2n) is 4.76. The minimum atomic E-state index is 0.367. The van der Waals surface area contributed by atoms with Crippen molar-refractivity contribution >= 4 is 15.9 Å². The largest absolute Gasteiger partial charge is 0.0755 e. The van der Waals surface area contributed by atoms with Crippen molar-refractivity contribution in [3.05, 3.63) is 94.5 Å². The minimum Gasteiger partial charge on any atom is -0.0755 e. The molecule has 1 unspecified atom stereocenters. The summed E-state index contributed by atoms with van der Waals surface area (Å²) in [5, 5.41) is 0. The maximum atomic E-state index is 3.70. The van der Waals surface area contributed by atoms with E-state index in [0.717, 1.165) is 0 Å². The predicted octanol–water partition coefficient (Wildman–Crippen LogP) is 5.28. The van der Waals surface area contributed by atoms with Gasteiger partial charge in [-0.2, -0.15) is 0 Å². The van der Waals surface area contributed by atoms with E-state index < -0.39 is 0 Å². The zero-order chi connectivity index (χ0) is 13.1. The summed E-state index contributed by atoms with van der Waals surface area (Å²) in [5.41, 5.74) is 2.71. The lowest BCUT2D eigenvalue weighted by atomic mass is 9.81. The number of rotatable bonds is 3. The van der Waals surface area contributed by atoms with Crippen LogP contribution in [-0.4, -0.2) is 0 Å². The van der Waals surface area contributed by atoms with Gasteiger partial charge in [0, 0.05) is 16.3 Å². The van der Waals surface area contributed by atoms with Crippen molar-refractivity contribution in [1.82, 2.24) is 0 Å². The van der Waals surface area contributed by atoms with E-state index in [-0.39, 0.29) is 0 Å². The van der Waals surface area contributed by atoms with Crippen molar-refractivity contribution in [2.75, 3.05) is 0 Å². The molecule has 0 heterocycles. The lowest BCUT2D eigenvalue weighted by molar-refractivity contribution is 0.686. The first kappa shape index (κ1) is 12.4. The van der Waals surface area contributed by atoms with Crippen molar-refractivity contribution in [3.8, 4) is 0 Å². The van der Waals surface area contributed by atoms with Crippen molar-refractivity contribution < 1.29 is 0 Å². The molecule has 0 amide bonds. The fraction of sp³-hybridized carbons (Fsp3) is 0.111. The van der Waals surface area contributed by atoms with Crippen LogP contribution in [0.4, 0.5) is 0 Å². The summed E-state index contributed by atoms with van der Waals surface area (Å²) >= 11 is 3.70.